The lowest BCUT2D eigenvalue weighted by molar-refractivity contribution is -0.119. The van der Waals surface area contributed by atoms with Crippen LogP contribution in [-0.2, 0) is 30.4 Å². The number of hydrogen-bond donors (Lipinski definition) is 1. The van der Waals surface area contributed by atoms with Gasteiger partial charge in [0.1, 0.15) is 6.73 Å². The summed E-state index contributed by atoms with van der Waals surface area (Å²) in [6.07, 6.45) is 0. The summed E-state index contributed by atoms with van der Waals surface area (Å²) in [7, 11) is 4.46. The third-order valence-electron chi connectivity index (χ3n) is 1.21. The summed E-state index contributed by atoms with van der Waals surface area (Å²) in [5.41, 5.74) is -2.32. The highest BCUT2D eigenvalue weighted by Crippen LogP contribution is 2.59. The zero-order valence-corrected chi connectivity index (χ0v) is 10.8. The molecular weight excluding hydrogens is 245 g/mol. The summed E-state index contributed by atoms with van der Waals surface area (Å²) in [5.74, 6) is 0.0580. The van der Waals surface area contributed by atoms with Crippen molar-refractivity contribution < 1.29 is 18.6 Å². The number of rotatable bonds is 7. The van der Waals surface area contributed by atoms with E-state index < -0.39 is 5.69 Å². The smallest absolute Gasteiger partial charge is 0.247 e. The van der Waals surface area contributed by atoms with E-state index in [-0.39, 0.29) is 18.4 Å². The van der Waals surface area contributed by atoms with Gasteiger partial charge >= 0.3 is 0 Å². The van der Waals surface area contributed by atoms with E-state index in [1.54, 1.807) is 0 Å². The minimum atomic E-state index is -2.32. The molecule has 0 rings (SSSR count). The molecule has 0 aliphatic heterocycles. The van der Waals surface area contributed by atoms with Crippen LogP contribution in [0.3, 0.4) is 0 Å². The molecule has 0 saturated heterocycles. The SMILES string of the molecule is COCNC(=O)CSP(=S)(OC)OC. The Morgan fingerprint density at radius 2 is 2.00 bits per heavy atom. The molecule has 0 atom stereocenters. The van der Waals surface area contributed by atoms with Gasteiger partial charge < -0.3 is 19.1 Å². The van der Waals surface area contributed by atoms with E-state index >= 15 is 0 Å². The van der Waals surface area contributed by atoms with Crippen LogP contribution in [-0.4, -0.2) is 39.7 Å². The number of carbonyl (C=O) groups is 1. The van der Waals surface area contributed by atoms with Gasteiger partial charge in [-0.15, -0.1) is 0 Å². The second-order valence-electron chi connectivity index (χ2n) is 2.12. The zero-order chi connectivity index (χ0) is 11.0. The Kier molecular flexibility index (Phi) is 7.81. The molecule has 0 unspecified atom stereocenters. The van der Waals surface area contributed by atoms with Crippen molar-refractivity contribution in [2.45, 2.75) is 0 Å². The highest BCUT2D eigenvalue weighted by molar-refractivity contribution is 8.68. The molecule has 0 fully saturated rings. The van der Waals surface area contributed by atoms with Crippen molar-refractivity contribution >= 4 is 34.8 Å². The Morgan fingerprint density at radius 3 is 2.43 bits per heavy atom. The molecule has 0 bridgehead atoms. The first-order chi connectivity index (χ1) is 6.58. The van der Waals surface area contributed by atoms with E-state index in [1.807, 2.05) is 0 Å². The lowest BCUT2D eigenvalue weighted by Crippen LogP contribution is -2.26. The molecular formula is C6H14NO4PS2. The van der Waals surface area contributed by atoms with Gasteiger partial charge in [0.15, 0.2) is 0 Å². The van der Waals surface area contributed by atoms with E-state index in [0.717, 1.165) is 0 Å². The number of methoxy groups -OCH3 is 1. The lowest BCUT2D eigenvalue weighted by atomic mass is 10.7. The molecule has 0 aromatic heterocycles. The van der Waals surface area contributed by atoms with Gasteiger partial charge in [-0.25, -0.2) is 0 Å². The van der Waals surface area contributed by atoms with Crippen molar-refractivity contribution in [3.63, 3.8) is 0 Å². The Morgan fingerprint density at radius 1 is 1.43 bits per heavy atom. The molecule has 5 nitrogen and oxygen atoms in total. The summed E-state index contributed by atoms with van der Waals surface area (Å²) in [5, 5.41) is 2.53. The van der Waals surface area contributed by atoms with E-state index in [1.165, 1.54) is 32.7 Å². The number of nitrogens with one attached hydrogen (secondary N) is 1. The van der Waals surface area contributed by atoms with Crippen LogP contribution in [0.25, 0.3) is 0 Å². The molecule has 0 aliphatic rings. The summed E-state index contributed by atoms with van der Waals surface area (Å²) in [6, 6.07) is 0. The maximum Gasteiger partial charge on any atom is 0.247 e. The van der Waals surface area contributed by atoms with Crippen LogP contribution in [0.5, 0.6) is 0 Å². The molecule has 1 N–H and O–H groups in total. The van der Waals surface area contributed by atoms with Gasteiger partial charge in [0.05, 0.1) is 5.75 Å². The van der Waals surface area contributed by atoms with Crippen molar-refractivity contribution in [2.75, 3.05) is 33.8 Å². The second kappa shape index (κ2) is 7.62. The van der Waals surface area contributed by atoms with Crippen LogP contribution in [0.1, 0.15) is 0 Å². The van der Waals surface area contributed by atoms with E-state index in [9.17, 15) is 4.79 Å². The number of amides is 1. The first kappa shape index (κ1) is 14.3. The van der Waals surface area contributed by atoms with Gasteiger partial charge in [-0.3, -0.25) is 4.79 Å². The summed E-state index contributed by atoms with van der Waals surface area (Å²) in [4.78, 5) is 11.1. The molecule has 1 amide bonds. The average molecular weight is 259 g/mol. The molecule has 8 heteroatoms. The minimum absolute atomic E-state index is 0.153. The van der Waals surface area contributed by atoms with Gasteiger partial charge in [-0.05, 0) is 11.8 Å². The fraction of sp³-hybridized carbons (Fsp3) is 0.833. The van der Waals surface area contributed by atoms with E-state index in [4.69, 9.17) is 20.9 Å². The van der Waals surface area contributed by atoms with Crippen LogP contribution in [0.15, 0.2) is 0 Å². The maximum absolute atomic E-state index is 11.1. The van der Waals surface area contributed by atoms with Gasteiger partial charge in [0, 0.05) is 21.3 Å². The van der Waals surface area contributed by atoms with E-state index in [0.29, 0.717) is 0 Å². The third-order valence-corrected chi connectivity index (χ3v) is 6.89. The lowest BCUT2D eigenvalue weighted by Gasteiger charge is -2.15. The molecule has 0 aliphatic carbocycles. The van der Waals surface area contributed by atoms with Crippen molar-refractivity contribution in [1.82, 2.24) is 5.32 Å². The Balaban J connectivity index is 3.80. The summed E-state index contributed by atoms with van der Waals surface area (Å²) >= 11 is 6.25. The average Bonchev–Trinajstić information content (AvgIpc) is 2.23. The van der Waals surface area contributed by atoms with Crippen LogP contribution in [0, 0.1) is 0 Å². The van der Waals surface area contributed by atoms with Crippen molar-refractivity contribution in [3.8, 4) is 0 Å². The molecule has 0 spiro atoms. The standard InChI is InChI=1S/C6H14NO4PS2/c1-9-5-7-6(8)4-14-12(13,10-2)11-3/h4-5H2,1-3H3,(H,7,8). The van der Waals surface area contributed by atoms with Crippen molar-refractivity contribution in [1.29, 1.82) is 0 Å². The number of hydrogen-bond acceptors (Lipinski definition) is 6. The fourth-order valence-corrected chi connectivity index (χ4v) is 3.19. The normalized spacial score (nSPS) is 11.4. The maximum atomic E-state index is 11.1. The van der Waals surface area contributed by atoms with Gasteiger partial charge in [0.2, 0.25) is 11.6 Å². The highest BCUT2D eigenvalue weighted by Gasteiger charge is 2.17. The molecule has 84 valence electrons. The van der Waals surface area contributed by atoms with Crippen LogP contribution in [0.2, 0.25) is 0 Å². The Labute approximate surface area is 92.8 Å². The van der Waals surface area contributed by atoms with Crippen LogP contribution >= 0.6 is 17.1 Å². The van der Waals surface area contributed by atoms with Crippen LogP contribution < -0.4 is 5.32 Å². The van der Waals surface area contributed by atoms with Crippen LogP contribution in [0.4, 0.5) is 0 Å². The minimum Gasteiger partial charge on any atom is -0.364 e. The molecule has 0 saturated carbocycles. The zero-order valence-electron chi connectivity index (χ0n) is 8.31. The first-order valence-corrected chi connectivity index (χ1v) is 7.92. The number of carbonyl (C=O) groups excluding carboxylic acids is 1. The second-order valence-corrected chi connectivity index (χ2v) is 8.64. The monoisotopic (exact) mass is 259 g/mol. The molecule has 0 aromatic carbocycles. The quantitative estimate of drug-likeness (QED) is 0.543. The third kappa shape index (κ3) is 5.95. The molecule has 14 heavy (non-hydrogen) atoms. The predicted molar refractivity (Wildman–Crippen MR) is 60.8 cm³/mol. The summed E-state index contributed by atoms with van der Waals surface area (Å²) < 4.78 is 14.7. The van der Waals surface area contributed by atoms with Crippen molar-refractivity contribution in [2.24, 2.45) is 0 Å². The Hall–Kier alpha value is 0.350. The predicted octanol–water partition coefficient (Wildman–Crippen LogP) is 0.957. The molecule has 0 radical (unpaired) electrons. The Bertz CT molecular complexity index is 218. The number of ether oxygens (including phenoxy) is 1. The van der Waals surface area contributed by atoms with Gasteiger partial charge in [0.25, 0.3) is 0 Å². The summed E-state index contributed by atoms with van der Waals surface area (Å²) in [6.45, 7) is 0.197. The largest absolute Gasteiger partial charge is 0.364 e. The van der Waals surface area contributed by atoms with Gasteiger partial charge in [-0.1, -0.05) is 11.4 Å². The first-order valence-electron chi connectivity index (χ1n) is 3.69. The molecule has 0 heterocycles. The van der Waals surface area contributed by atoms with Gasteiger partial charge in [-0.2, -0.15) is 0 Å². The van der Waals surface area contributed by atoms with E-state index in [2.05, 4.69) is 10.1 Å². The topological polar surface area (TPSA) is 56.8 Å². The molecule has 0 aromatic rings. The fourth-order valence-electron chi connectivity index (χ4n) is 0.521. The van der Waals surface area contributed by atoms with Crippen molar-refractivity contribution in [3.05, 3.63) is 0 Å². The highest BCUT2D eigenvalue weighted by atomic mass is 32.9.